The van der Waals surface area contributed by atoms with E-state index in [1.54, 1.807) is 6.92 Å². The topological polar surface area (TPSA) is 26.3 Å². The van der Waals surface area contributed by atoms with E-state index in [1.165, 1.54) is 7.11 Å². The van der Waals surface area contributed by atoms with Crippen LogP contribution in [0.3, 0.4) is 0 Å². The molecule has 0 aromatic rings. The van der Waals surface area contributed by atoms with Crippen molar-refractivity contribution in [2.75, 3.05) is 7.11 Å². The molecule has 0 radical (unpaired) electrons. The SMILES string of the molecule is C=C(C)C(=O)OC.FC(F)=C(F)C(F)(F)F. The van der Waals surface area contributed by atoms with Gasteiger partial charge in [-0.25, -0.2) is 4.79 Å². The van der Waals surface area contributed by atoms with Gasteiger partial charge in [-0.1, -0.05) is 6.58 Å². The highest BCUT2D eigenvalue weighted by Gasteiger charge is 2.38. The van der Waals surface area contributed by atoms with Gasteiger partial charge in [0.2, 0.25) is 0 Å². The van der Waals surface area contributed by atoms with Crippen molar-refractivity contribution in [2.24, 2.45) is 0 Å². The summed E-state index contributed by atoms with van der Waals surface area (Å²) in [5.74, 6) is -3.68. The number of hydrogen-bond acceptors (Lipinski definition) is 2. The molecule has 0 amide bonds. The summed E-state index contributed by atoms with van der Waals surface area (Å²) in [7, 11) is 1.33. The first-order chi connectivity index (χ1) is 7.03. The molecule has 0 rings (SSSR count). The molecule has 0 aromatic carbocycles. The van der Waals surface area contributed by atoms with Crippen LogP contribution in [0.2, 0.25) is 0 Å². The van der Waals surface area contributed by atoms with Gasteiger partial charge in [-0.15, -0.1) is 0 Å². The van der Waals surface area contributed by atoms with Crippen LogP contribution in [0.15, 0.2) is 24.1 Å². The van der Waals surface area contributed by atoms with E-state index in [9.17, 15) is 31.1 Å². The van der Waals surface area contributed by atoms with Gasteiger partial charge in [0.05, 0.1) is 7.11 Å². The molecule has 0 saturated carbocycles. The predicted molar refractivity (Wildman–Crippen MR) is 43.2 cm³/mol. The minimum absolute atomic E-state index is 0.347. The molecule has 16 heavy (non-hydrogen) atoms. The third-order valence-corrected chi connectivity index (χ3v) is 0.949. The third-order valence-electron chi connectivity index (χ3n) is 0.949. The second-order valence-electron chi connectivity index (χ2n) is 2.34. The fourth-order valence-corrected chi connectivity index (χ4v) is 0.281. The molecular weight excluding hydrogens is 242 g/mol. The number of alkyl halides is 3. The monoisotopic (exact) mass is 250 g/mol. The highest BCUT2D eigenvalue weighted by atomic mass is 19.4. The Bertz CT molecular complexity index is 287. The number of carbonyl (C=O) groups is 1. The van der Waals surface area contributed by atoms with Crippen molar-refractivity contribution in [3.05, 3.63) is 24.1 Å². The zero-order valence-electron chi connectivity index (χ0n) is 8.29. The number of methoxy groups -OCH3 is 1. The Hall–Kier alpha value is -1.47. The molecule has 0 spiro atoms. The molecule has 8 heteroatoms. The highest BCUT2D eigenvalue weighted by molar-refractivity contribution is 5.86. The van der Waals surface area contributed by atoms with Crippen LogP contribution < -0.4 is 0 Å². The van der Waals surface area contributed by atoms with E-state index < -0.39 is 18.1 Å². The fourth-order valence-electron chi connectivity index (χ4n) is 0.281. The van der Waals surface area contributed by atoms with Gasteiger partial charge in [-0.05, 0) is 6.92 Å². The van der Waals surface area contributed by atoms with E-state index in [1.807, 2.05) is 0 Å². The van der Waals surface area contributed by atoms with E-state index in [0.29, 0.717) is 5.57 Å². The van der Waals surface area contributed by atoms with E-state index in [-0.39, 0.29) is 5.97 Å². The first-order valence-corrected chi connectivity index (χ1v) is 3.55. The van der Waals surface area contributed by atoms with Gasteiger partial charge in [0.15, 0.2) is 0 Å². The average Bonchev–Trinajstić information content (AvgIpc) is 2.14. The van der Waals surface area contributed by atoms with E-state index in [4.69, 9.17) is 0 Å². The summed E-state index contributed by atoms with van der Waals surface area (Å²) >= 11 is 0. The van der Waals surface area contributed by atoms with Crippen molar-refractivity contribution in [1.82, 2.24) is 0 Å². The number of esters is 1. The molecule has 2 nitrogen and oxygen atoms in total. The molecule has 0 unspecified atom stereocenters. The summed E-state index contributed by atoms with van der Waals surface area (Å²) in [5, 5.41) is 0. The third kappa shape index (κ3) is 7.89. The van der Waals surface area contributed by atoms with Crippen LogP contribution in [-0.2, 0) is 9.53 Å². The Balaban J connectivity index is 0. The predicted octanol–water partition coefficient (Wildman–Crippen LogP) is 3.36. The molecule has 94 valence electrons. The number of rotatable bonds is 1. The van der Waals surface area contributed by atoms with Crippen LogP contribution in [0.25, 0.3) is 0 Å². The van der Waals surface area contributed by atoms with Crippen molar-refractivity contribution >= 4 is 5.97 Å². The number of ether oxygens (including phenoxy) is 1. The molecule has 0 aliphatic heterocycles. The maximum atomic E-state index is 11.0. The van der Waals surface area contributed by atoms with Crippen molar-refractivity contribution in [1.29, 1.82) is 0 Å². The lowest BCUT2D eigenvalue weighted by Gasteiger charge is -1.98. The van der Waals surface area contributed by atoms with Crippen molar-refractivity contribution in [3.63, 3.8) is 0 Å². The first-order valence-electron chi connectivity index (χ1n) is 3.55. The van der Waals surface area contributed by atoms with Gasteiger partial charge >= 0.3 is 18.2 Å². The normalized spacial score (nSPS) is 9.75. The van der Waals surface area contributed by atoms with Gasteiger partial charge < -0.3 is 4.74 Å². The van der Waals surface area contributed by atoms with E-state index >= 15 is 0 Å². The van der Waals surface area contributed by atoms with Crippen LogP contribution in [0.5, 0.6) is 0 Å². The Labute approximate surface area is 87.2 Å². The minimum Gasteiger partial charge on any atom is -0.466 e. The zero-order valence-corrected chi connectivity index (χ0v) is 8.29. The van der Waals surface area contributed by atoms with Gasteiger partial charge in [0, 0.05) is 5.57 Å². The highest BCUT2D eigenvalue weighted by Crippen LogP contribution is 2.29. The second-order valence-corrected chi connectivity index (χ2v) is 2.34. The number of hydrogen-bond donors (Lipinski definition) is 0. The van der Waals surface area contributed by atoms with Crippen LogP contribution in [0, 0.1) is 0 Å². The maximum absolute atomic E-state index is 11.0. The number of allylic oxidation sites excluding steroid dienone is 1. The second kappa shape index (κ2) is 6.91. The van der Waals surface area contributed by atoms with Gasteiger partial charge in [-0.2, -0.15) is 26.3 Å². The average molecular weight is 250 g/mol. The molecular formula is C8H8F6O2. The summed E-state index contributed by atoms with van der Waals surface area (Å²) in [6, 6.07) is 0. The van der Waals surface area contributed by atoms with Gasteiger partial charge in [-0.3, -0.25) is 0 Å². The van der Waals surface area contributed by atoms with Crippen LogP contribution >= 0.6 is 0 Å². The van der Waals surface area contributed by atoms with Crippen molar-refractivity contribution < 1.29 is 35.9 Å². The van der Waals surface area contributed by atoms with Gasteiger partial charge in [0.1, 0.15) is 0 Å². The first kappa shape index (κ1) is 16.9. The largest absolute Gasteiger partial charge is 0.466 e. The Morgan fingerprint density at radius 2 is 1.56 bits per heavy atom. The molecule has 0 aromatic heterocycles. The van der Waals surface area contributed by atoms with Crippen LogP contribution in [-0.4, -0.2) is 19.3 Å². The summed E-state index contributed by atoms with van der Waals surface area (Å²) in [6.45, 7) is 4.95. The Kier molecular flexibility index (Phi) is 7.32. The van der Waals surface area contributed by atoms with Crippen LogP contribution in [0.4, 0.5) is 26.3 Å². The molecule has 0 aliphatic carbocycles. The summed E-state index contributed by atoms with van der Waals surface area (Å²) in [5.41, 5.74) is 0.433. The summed E-state index contributed by atoms with van der Waals surface area (Å²) < 4.78 is 69.1. The molecule has 0 aliphatic rings. The lowest BCUT2D eigenvalue weighted by Crippen LogP contribution is -2.08. The quantitative estimate of drug-likeness (QED) is 0.405. The van der Waals surface area contributed by atoms with E-state index in [0.717, 1.165) is 0 Å². The Morgan fingerprint density at radius 1 is 1.19 bits per heavy atom. The molecule has 0 atom stereocenters. The molecule has 0 bridgehead atoms. The van der Waals surface area contributed by atoms with Crippen LogP contribution in [0.1, 0.15) is 6.92 Å². The lowest BCUT2D eigenvalue weighted by atomic mass is 10.4. The molecule has 0 N–H and O–H groups in total. The lowest BCUT2D eigenvalue weighted by molar-refractivity contribution is -0.136. The molecule has 0 fully saturated rings. The standard InChI is InChI=1S/C5H8O2.C3F6/c1-4(2)5(6)7-3;4-1(2(5)6)3(7,8)9/h1H2,2-3H3;. The Morgan fingerprint density at radius 3 is 1.56 bits per heavy atom. The number of halogens is 6. The smallest absolute Gasteiger partial charge is 0.448 e. The van der Waals surface area contributed by atoms with E-state index in [2.05, 4.69) is 11.3 Å². The summed E-state index contributed by atoms with van der Waals surface area (Å²) in [6.07, 6.45) is -8.90. The van der Waals surface area contributed by atoms with Crippen molar-refractivity contribution in [2.45, 2.75) is 13.1 Å². The maximum Gasteiger partial charge on any atom is 0.448 e. The minimum atomic E-state index is -5.56. The molecule has 0 heterocycles. The zero-order chi connectivity index (χ0) is 13.5. The molecule has 0 saturated heterocycles. The summed E-state index contributed by atoms with van der Waals surface area (Å²) in [4.78, 5) is 10.2. The van der Waals surface area contributed by atoms with Gasteiger partial charge in [0.25, 0.3) is 5.83 Å². The fraction of sp³-hybridized carbons (Fsp3) is 0.375. The van der Waals surface area contributed by atoms with Crippen molar-refractivity contribution in [3.8, 4) is 0 Å². The number of carbonyl (C=O) groups excluding carboxylic acids is 1.